The number of hydrogen-bond donors (Lipinski definition) is 3. The Balaban J connectivity index is 1.18. The van der Waals surface area contributed by atoms with Crippen molar-refractivity contribution in [3.8, 4) is 0 Å². The molecule has 5 rings (SSSR count). The molecule has 0 radical (unpaired) electrons. The van der Waals surface area contributed by atoms with Crippen LogP contribution >= 0.6 is 0 Å². The van der Waals surface area contributed by atoms with Gasteiger partial charge in [-0.3, -0.25) is 9.48 Å². The van der Waals surface area contributed by atoms with Crippen LogP contribution in [0.3, 0.4) is 0 Å². The van der Waals surface area contributed by atoms with E-state index >= 15 is 0 Å². The van der Waals surface area contributed by atoms with E-state index in [4.69, 9.17) is 20.6 Å². The maximum absolute atomic E-state index is 13.2. The van der Waals surface area contributed by atoms with Crippen LogP contribution in [-0.2, 0) is 4.74 Å². The number of piperidine rings is 1. The van der Waals surface area contributed by atoms with Crippen molar-refractivity contribution in [2.45, 2.75) is 51.7 Å². The second-order valence-corrected chi connectivity index (χ2v) is 11.7. The van der Waals surface area contributed by atoms with Gasteiger partial charge in [0.05, 0.1) is 17.0 Å². The summed E-state index contributed by atoms with van der Waals surface area (Å²) in [5.74, 6) is 1.82. The van der Waals surface area contributed by atoms with Crippen LogP contribution < -0.4 is 21.3 Å². The van der Waals surface area contributed by atoms with Crippen LogP contribution in [0.25, 0.3) is 10.9 Å². The molecule has 0 atom stereocenters. The fraction of sp³-hybridized carbons (Fsp3) is 0.633. The molecule has 2 fully saturated rings. The van der Waals surface area contributed by atoms with Crippen molar-refractivity contribution in [1.82, 2.24) is 39.8 Å². The third kappa shape index (κ3) is 7.96. The summed E-state index contributed by atoms with van der Waals surface area (Å²) < 4.78 is 7.37. The van der Waals surface area contributed by atoms with Gasteiger partial charge >= 0.3 is 0 Å². The predicted octanol–water partition coefficient (Wildman–Crippen LogP) is 2.25. The van der Waals surface area contributed by atoms with E-state index in [0.29, 0.717) is 35.9 Å². The standard InChI is InChI=1S/C30H47N11O2/c1-22(2)41-25-20-27(35-26-6-11-33-30(36-26)40-14-7-23(43-3)8-15-40)34-21-24(25)28(37-41)29(42)32-10-5-13-39-18-16-38(17-19-39)12-4-9-31/h6,11,20-23H,4-5,7-10,12-19,31H2,1-3H3,(H,32,42)(H,33,34,35,36). The van der Waals surface area contributed by atoms with E-state index < -0.39 is 0 Å². The number of nitrogens with zero attached hydrogens (tertiary/aromatic N) is 8. The number of ether oxygens (including phenoxy) is 1. The van der Waals surface area contributed by atoms with Crippen LogP contribution in [0, 0.1) is 0 Å². The zero-order valence-electron chi connectivity index (χ0n) is 25.8. The van der Waals surface area contributed by atoms with E-state index in [2.05, 4.69) is 49.1 Å². The lowest BCUT2D eigenvalue weighted by Crippen LogP contribution is -2.47. The summed E-state index contributed by atoms with van der Waals surface area (Å²) in [5.41, 5.74) is 6.89. The fourth-order valence-corrected chi connectivity index (χ4v) is 5.79. The van der Waals surface area contributed by atoms with Crippen molar-refractivity contribution >= 4 is 34.4 Å². The SMILES string of the molecule is COC1CCN(c2nccc(Nc3cc4c(cn3)c(C(=O)NCCCN3CCN(CCCN)CC3)nn4C(C)C)n2)CC1. The lowest BCUT2D eigenvalue weighted by molar-refractivity contribution is 0.0816. The molecule has 2 aliphatic rings. The molecule has 0 spiro atoms. The number of pyridine rings is 1. The number of methoxy groups -OCH3 is 1. The van der Waals surface area contributed by atoms with Crippen LogP contribution in [-0.4, -0.2) is 119 Å². The second kappa shape index (κ2) is 14.9. The molecule has 0 bridgehead atoms. The molecule has 3 aromatic heterocycles. The van der Waals surface area contributed by atoms with Crippen LogP contribution in [0.1, 0.15) is 56.1 Å². The molecule has 2 saturated heterocycles. The average Bonchev–Trinajstić information content (AvgIpc) is 3.42. The molecule has 0 unspecified atom stereocenters. The Morgan fingerprint density at radius 1 is 1.05 bits per heavy atom. The lowest BCUT2D eigenvalue weighted by atomic mass is 10.1. The summed E-state index contributed by atoms with van der Waals surface area (Å²) in [6.45, 7) is 13.5. The number of anilines is 3. The number of nitrogens with one attached hydrogen (secondary N) is 2. The van der Waals surface area contributed by atoms with Gasteiger partial charge in [-0.15, -0.1) is 0 Å². The highest BCUT2D eigenvalue weighted by Crippen LogP contribution is 2.26. The van der Waals surface area contributed by atoms with Gasteiger partial charge < -0.3 is 35.8 Å². The molecular weight excluding hydrogens is 546 g/mol. The number of piperazine rings is 1. The Morgan fingerprint density at radius 2 is 1.77 bits per heavy atom. The predicted molar refractivity (Wildman–Crippen MR) is 169 cm³/mol. The van der Waals surface area contributed by atoms with Gasteiger partial charge in [0, 0.05) is 77.4 Å². The molecule has 5 heterocycles. The second-order valence-electron chi connectivity index (χ2n) is 11.7. The summed E-state index contributed by atoms with van der Waals surface area (Å²) in [7, 11) is 1.77. The highest BCUT2D eigenvalue weighted by molar-refractivity contribution is 6.05. The molecular formula is C30H47N11O2. The monoisotopic (exact) mass is 593 g/mol. The minimum absolute atomic E-state index is 0.0727. The third-order valence-electron chi connectivity index (χ3n) is 8.33. The van der Waals surface area contributed by atoms with Gasteiger partial charge in [0.15, 0.2) is 5.69 Å². The van der Waals surface area contributed by atoms with Crippen molar-refractivity contribution < 1.29 is 9.53 Å². The Hall–Kier alpha value is -3.39. The molecule has 0 saturated carbocycles. The van der Waals surface area contributed by atoms with Crippen LogP contribution in [0.2, 0.25) is 0 Å². The first kappa shape index (κ1) is 31.0. The van der Waals surface area contributed by atoms with Crippen molar-refractivity contribution in [1.29, 1.82) is 0 Å². The Kier molecular flexibility index (Phi) is 10.7. The summed E-state index contributed by atoms with van der Waals surface area (Å²) in [4.78, 5) is 34.2. The molecule has 234 valence electrons. The maximum atomic E-state index is 13.2. The van der Waals surface area contributed by atoms with E-state index in [1.165, 1.54) is 0 Å². The summed E-state index contributed by atoms with van der Waals surface area (Å²) >= 11 is 0. The molecule has 3 aromatic rings. The molecule has 1 amide bonds. The van der Waals surface area contributed by atoms with Gasteiger partial charge in [0.1, 0.15) is 11.6 Å². The molecule has 0 aliphatic carbocycles. The number of aromatic nitrogens is 5. The van der Waals surface area contributed by atoms with Crippen molar-refractivity contribution in [2.75, 3.05) is 82.8 Å². The van der Waals surface area contributed by atoms with Gasteiger partial charge in [-0.1, -0.05) is 0 Å². The highest BCUT2D eigenvalue weighted by atomic mass is 16.5. The van der Waals surface area contributed by atoms with Gasteiger partial charge in [-0.05, 0) is 65.2 Å². The Labute approximate surface area is 254 Å². The highest BCUT2D eigenvalue weighted by Gasteiger charge is 2.22. The van der Waals surface area contributed by atoms with E-state index in [-0.39, 0.29) is 11.9 Å². The molecule has 13 heteroatoms. The Bertz CT molecular complexity index is 1330. The van der Waals surface area contributed by atoms with E-state index in [9.17, 15) is 4.79 Å². The van der Waals surface area contributed by atoms with Crippen molar-refractivity contribution in [3.05, 3.63) is 30.2 Å². The van der Waals surface area contributed by atoms with Gasteiger partial charge in [-0.2, -0.15) is 10.1 Å². The Morgan fingerprint density at radius 3 is 2.44 bits per heavy atom. The number of hydrogen-bond acceptors (Lipinski definition) is 11. The summed E-state index contributed by atoms with van der Waals surface area (Å²) in [6, 6.07) is 3.83. The van der Waals surface area contributed by atoms with Gasteiger partial charge in [0.2, 0.25) is 5.95 Å². The smallest absolute Gasteiger partial charge is 0.272 e. The largest absolute Gasteiger partial charge is 0.381 e. The average molecular weight is 594 g/mol. The van der Waals surface area contributed by atoms with Crippen LogP contribution in [0.4, 0.5) is 17.6 Å². The number of nitrogens with two attached hydrogens (primary N) is 1. The number of carbonyl (C=O) groups excluding carboxylic acids is 1. The minimum atomic E-state index is -0.170. The van der Waals surface area contributed by atoms with Gasteiger partial charge in [-0.25, -0.2) is 9.97 Å². The van der Waals surface area contributed by atoms with Crippen LogP contribution in [0.5, 0.6) is 0 Å². The number of carbonyl (C=O) groups is 1. The molecule has 13 nitrogen and oxygen atoms in total. The number of rotatable bonds is 13. The summed E-state index contributed by atoms with van der Waals surface area (Å²) in [5, 5.41) is 11.8. The van der Waals surface area contributed by atoms with E-state index in [0.717, 1.165) is 95.5 Å². The van der Waals surface area contributed by atoms with Crippen LogP contribution in [0.15, 0.2) is 24.5 Å². The number of fused-ring (bicyclic) bond motifs is 1. The molecule has 4 N–H and O–H groups in total. The maximum Gasteiger partial charge on any atom is 0.272 e. The van der Waals surface area contributed by atoms with Crippen molar-refractivity contribution in [3.63, 3.8) is 0 Å². The first-order valence-electron chi connectivity index (χ1n) is 15.6. The van der Waals surface area contributed by atoms with Gasteiger partial charge in [0.25, 0.3) is 5.91 Å². The minimum Gasteiger partial charge on any atom is -0.381 e. The normalized spacial score (nSPS) is 17.2. The first-order chi connectivity index (χ1) is 20.9. The number of amides is 1. The molecule has 2 aliphatic heterocycles. The zero-order chi connectivity index (χ0) is 30.2. The third-order valence-corrected chi connectivity index (χ3v) is 8.33. The first-order valence-corrected chi connectivity index (χ1v) is 15.6. The fourth-order valence-electron chi connectivity index (χ4n) is 5.79. The quantitative estimate of drug-likeness (QED) is 0.251. The van der Waals surface area contributed by atoms with E-state index in [1.54, 1.807) is 19.5 Å². The summed E-state index contributed by atoms with van der Waals surface area (Å²) in [6.07, 6.45) is 7.64. The lowest BCUT2D eigenvalue weighted by Gasteiger charge is -2.34. The van der Waals surface area contributed by atoms with Crippen molar-refractivity contribution in [2.24, 2.45) is 5.73 Å². The topological polar surface area (TPSA) is 143 Å². The molecule has 43 heavy (non-hydrogen) atoms. The van der Waals surface area contributed by atoms with E-state index in [1.807, 2.05) is 16.8 Å². The zero-order valence-corrected chi connectivity index (χ0v) is 25.8. The molecule has 0 aromatic carbocycles.